The zero-order valence-electron chi connectivity index (χ0n) is 11.2. The molecule has 0 radical (unpaired) electrons. The number of carbonyl (C=O) groups excluding carboxylic acids is 2. The number of imide groups is 1. The molecule has 2 aliphatic heterocycles. The first-order chi connectivity index (χ1) is 10.1. The summed E-state index contributed by atoms with van der Waals surface area (Å²) >= 11 is 7.10. The number of carbonyl (C=O) groups is 2. The molecular weight excluding hydrogens is 314 g/mol. The van der Waals surface area contributed by atoms with Crippen molar-refractivity contribution in [1.29, 1.82) is 0 Å². The molecule has 1 saturated heterocycles. The molecule has 2 amide bonds. The number of halogens is 1. The average molecular weight is 326 g/mol. The smallest absolute Gasteiger partial charge is 0.293 e. The molecule has 1 aromatic carbocycles. The van der Waals surface area contributed by atoms with Gasteiger partial charge in [-0.25, -0.2) is 0 Å². The highest BCUT2D eigenvalue weighted by Gasteiger charge is 2.34. The summed E-state index contributed by atoms with van der Waals surface area (Å²) in [6.45, 7) is 2.50. The van der Waals surface area contributed by atoms with E-state index in [4.69, 9.17) is 21.1 Å². The van der Waals surface area contributed by atoms with E-state index in [2.05, 4.69) is 0 Å². The summed E-state index contributed by atoms with van der Waals surface area (Å²) < 4.78 is 10.5. The molecule has 0 N–H and O–H groups in total. The maximum Gasteiger partial charge on any atom is 0.293 e. The Bertz CT molecular complexity index is 659. The fraction of sp³-hybridized carbons (Fsp3) is 0.286. The van der Waals surface area contributed by atoms with E-state index < -0.39 is 0 Å². The standard InChI is InChI=1S/C14H12ClNO4S/c1-2-3-16-13(17)12(21-14(16)18)5-8-4-10-11(6-9(8)15)20-7-19-10/h4-6H,2-3,7H2,1H3/b12-5+. The molecule has 0 unspecified atom stereocenters. The second kappa shape index (κ2) is 5.61. The van der Waals surface area contributed by atoms with Gasteiger partial charge >= 0.3 is 0 Å². The van der Waals surface area contributed by atoms with Crippen LogP contribution in [-0.4, -0.2) is 29.4 Å². The van der Waals surface area contributed by atoms with Crippen molar-refractivity contribution in [3.8, 4) is 11.5 Å². The van der Waals surface area contributed by atoms with E-state index in [-0.39, 0.29) is 17.9 Å². The Kier molecular flexibility index (Phi) is 3.82. The Morgan fingerprint density at radius 3 is 2.76 bits per heavy atom. The molecule has 0 bridgehead atoms. The molecule has 2 aliphatic rings. The molecule has 0 aliphatic carbocycles. The molecule has 1 aromatic rings. The molecule has 2 heterocycles. The summed E-state index contributed by atoms with van der Waals surface area (Å²) in [4.78, 5) is 25.6. The Labute approximate surface area is 130 Å². The minimum Gasteiger partial charge on any atom is -0.454 e. The van der Waals surface area contributed by atoms with Crippen LogP contribution in [0.3, 0.4) is 0 Å². The molecule has 5 nitrogen and oxygen atoms in total. The van der Waals surface area contributed by atoms with Gasteiger partial charge in [-0.3, -0.25) is 14.5 Å². The van der Waals surface area contributed by atoms with Crippen molar-refractivity contribution < 1.29 is 19.1 Å². The van der Waals surface area contributed by atoms with Crippen molar-refractivity contribution in [2.45, 2.75) is 13.3 Å². The molecular formula is C14H12ClNO4S. The third kappa shape index (κ3) is 2.61. The van der Waals surface area contributed by atoms with Crippen LogP contribution < -0.4 is 9.47 Å². The van der Waals surface area contributed by atoms with E-state index in [1.165, 1.54) is 4.90 Å². The Morgan fingerprint density at radius 2 is 2.05 bits per heavy atom. The first-order valence-corrected chi connectivity index (χ1v) is 7.64. The summed E-state index contributed by atoms with van der Waals surface area (Å²) in [5.74, 6) is 0.884. The molecule has 110 valence electrons. The lowest BCUT2D eigenvalue weighted by Crippen LogP contribution is -2.28. The van der Waals surface area contributed by atoms with Gasteiger partial charge in [0.15, 0.2) is 11.5 Å². The lowest BCUT2D eigenvalue weighted by atomic mass is 10.2. The highest BCUT2D eigenvalue weighted by molar-refractivity contribution is 8.18. The van der Waals surface area contributed by atoms with Gasteiger partial charge in [0.25, 0.3) is 11.1 Å². The summed E-state index contributed by atoms with van der Waals surface area (Å²) in [6.07, 6.45) is 2.35. The average Bonchev–Trinajstić information content (AvgIpc) is 2.99. The number of fused-ring (bicyclic) bond motifs is 1. The third-order valence-corrected chi connectivity index (χ3v) is 4.33. The van der Waals surface area contributed by atoms with Crippen LogP contribution >= 0.6 is 23.4 Å². The molecule has 1 fully saturated rings. The van der Waals surface area contributed by atoms with Crippen molar-refractivity contribution in [1.82, 2.24) is 4.90 Å². The number of hydrogen-bond donors (Lipinski definition) is 0. The van der Waals surface area contributed by atoms with Crippen molar-refractivity contribution >= 4 is 40.6 Å². The molecule has 3 rings (SSSR count). The van der Waals surface area contributed by atoms with E-state index in [9.17, 15) is 9.59 Å². The Morgan fingerprint density at radius 1 is 1.33 bits per heavy atom. The largest absolute Gasteiger partial charge is 0.454 e. The predicted molar refractivity (Wildman–Crippen MR) is 80.5 cm³/mol. The van der Waals surface area contributed by atoms with E-state index in [0.717, 1.165) is 18.2 Å². The quantitative estimate of drug-likeness (QED) is 0.796. The third-order valence-electron chi connectivity index (χ3n) is 3.10. The van der Waals surface area contributed by atoms with Crippen LogP contribution in [0.2, 0.25) is 5.02 Å². The van der Waals surface area contributed by atoms with E-state index in [1.807, 2.05) is 6.92 Å². The summed E-state index contributed by atoms with van der Waals surface area (Å²) in [7, 11) is 0. The van der Waals surface area contributed by atoms with Crippen molar-refractivity contribution in [3.63, 3.8) is 0 Å². The SMILES string of the molecule is CCCN1C(=O)S/C(=C/c2cc3c(cc2Cl)OCO3)C1=O. The predicted octanol–water partition coefficient (Wildman–Crippen LogP) is 3.52. The topological polar surface area (TPSA) is 55.8 Å². The van der Waals surface area contributed by atoms with Crippen LogP contribution in [-0.2, 0) is 4.79 Å². The lowest BCUT2D eigenvalue weighted by Gasteiger charge is -2.09. The Hall–Kier alpha value is -1.66. The zero-order valence-corrected chi connectivity index (χ0v) is 12.8. The zero-order chi connectivity index (χ0) is 15.0. The van der Waals surface area contributed by atoms with Gasteiger partial charge in [-0.05, 0) is 35.9 Å². The van der Waals surface area contributed by atoms with Gasteiger partial charge in [-0.15, -0.1) is 0 Å². The maximum atomic E-state index is 12.2. The molecule has 0 aromatic heterocycles. The summed E-state index contributed by atoms with van der Waals surface area (Å²) in [6, 6.07) is 3.35. The number of benzene rings is 1. The van der Waals surface area contributed by atoms with Crippen molar-refractivity contribution in [2.75, 3.05) is 13.3 Å². The minimum atomic E-state index is -0.277. The van der Waals surface area contributed by atoms with Crippen LogP contribution in [0.25, 0.3) is 6.08 Å². The van der Waals surface area contributed by atoms with Crippen LogP contribution in [0.1, 0.15) is 18.9 Å². The van der Waals surface area contributed by atoms with Gasteiger partial charge in [0.2, 0.25) is 6.79 Å². The van der Waals surface area contributed by atoms with Crippen molar-refractivity contribution in [2.24, 2.45) is 0 Å². The molecule has 7 heteroatoms. The van der Waals surface area contributed by atoms with Gasteiger partial charge in [-0.2, -0.15) is 0 Å². The lowest BCUT2D eigenvalue weighted by molar-refractivity contribution is -0.122. The summed E-state index contributed by atoms with van der Waals surface area (Å²) in [5.41, 5.74) is 0.628. The number of hydrogen-bond acceptors (Lipinski definition) is 5. The van der Waals surface area contributed by atoms with Gasteiger partial charge in [0.1, 0.15) is 0 Å². The first-order valence-electron chi connectivity index (χ1n) is 6.44. The fourth-order valence-electron chi connectivity index (χ4n) is 2.10. The van der Waals surface area contributed by atoms with Crippen LogP contribution in [0, 0.1) is 0 Å². The molecule has 0 atom stereocenters. The number of nitrogens with zero attached hydrogens (tertiary/aromatic N) is 1. The number of thioether (sulfide) groups is 1. The maximum absolute atomic E-state index is 12.2. The van der Waals surface area contributed by atoms with Gasteiger partial charge < -0.3 is 9.47 Å². The highest BCUT2D eigenvalue weighted by atomic mass is 35.5. The van der Waals surface area contributed by atoms with E-state index >= 15 is 0 Å². The molecule has 21 heavy (non-hydrogen) atoms. The van der Waals surface area contributed by atoms with Gasteiger partial charge in [-0.1, -0.05) is 18.5 Å². The van der Waals surface area contributed by atoms with Crippen LogP contribution in [0.15, 0.2) is 17.0 Å². The normalized spacial score (nSPS) is 19.0. The highest BCUT2D eigenvalue weighted by Crippen LogP contribution is 2.39. The second-order valence-corrected chi connectivity index (χ2v) is 5.96. The fourth-order valence-corrected chi connectivity index (χ4v) is 3.17. The number of amides is 2. The van der Waals surface area contributed by atoms with Gasteiger partial charge in [0.05, 0.1) is 9.93 Å². The van der Waals surface area contributed by atoms with Crippen molar-refractivity contribution in [3.05, 3.63) is 27.6 Å². The van der Waals surface area contributed by atoms with Crippen LogP contribution in [0.5, 0.6) is 11.5 Å². The minimum absolute atomic E-state index is 0.155. The van der Waals surface area contributed by atoms with Crippen LogP contribution in [0.4, 0.5) is 4.79 Å². The first kappa shape index (κ1) is 14.3. The van der Waals surface area contributed by atoms with E-state index in [0.29, 0.717) is 33.5 Å². The van der Waals surface area contributed by atoms with Gasteiger partial charge in [0, 0.05) is 12.6 Å². The monoisotopic (exact) mass is 325 g/mol. The second-order valence-electron chi connectivity index (χ2n) is 4.56. The number of rotatable bonds is 3. The van der Waals surface area contributed by atoms with E-state index in [1.54, 1.807) is 18.2 Å². The Balaban J connectivity index is 1.92. The number of ether oxygens (including phenoxy) is 2. The molecule has 0 spiro atoms. The molecule has 0 saturated carbocycles. The summed E-state index contributed by atoms with van der Waals surface area (Å²) in [5, 5.41) is 0.200.